The standard InChI is InChI=1S/C9H5F3N2O/c10-9(11,12)8-13-6-2-1-5(4-15)3-7(6)14-8/h1-4H,(H,13,14). The van der Waals surface area contributed by atoms with Crippen molar-refractivity contribution >= 4 is 17.3 Å². The molecule has 0 spiro atoms. The molecule has 0 fully saturated rings. The minimum absolute atomic E-state index is 0.188. The molecule has 0 unspecified atom stereocenters. The molecule has 0 aliphatic heterocycles. The quantitative estimate of drug-likeness (QED) is 0.741. The van der Waals surface area contributed by atoms with Crippen LogP contribution in [0.15, 0.2) is 18.2 Å². The van der Waals surface area contributed by atoms with Crippen molar-refractivity contribution in [3.8, 4) is 0 Å². The smallest absolute Gasteiger partial charge is 0.334 e. The van der Waals surface area contributed by atoms with Gasteiger partial charge < -0.3 is 4.98 Å². The molecule has 78 valence electrons. The monoisotopic (exact) mass is 214 g/mol. The van der Waals surface area contributed by atoms with Gasteiger partial charge in [-0.1, -0.05) is 0 Å². The Morgan fingerprint density at radius 2 is 2.07 bits per heavy atom. The predicted molar refractivity (Wildman–Crippen MR) is 46.5 cm³/mol. The van der Waals surface area contributed by atoms with Gasteiger partial charge in [0, 0.05) is 5.56 Å². The van der Waals surface area contributed by atoms with Gasteiger partial charge in [-0.05, 0) is 18.2 Å². The van der Waals surface area contributed by atoms with Crippen molar-refractivity contribution in [1.82, 2.24) is 9.97 Å². The van der Waals surface area contributed by atoms with Crippen molar-refractivity contribution in [2.24, 2.45) is 0 Å². The first kappa shape index (κ1) is 9.70. The zero-order chi connectivity index (χ0) is 11.1. The van der Waals surface area contributed by atoms with E-state index in [-0.39, 0.29) is 11.0 Å². The van der Waals surface area contributed by atoms with Crippen LogP contribution in [0.2, 0.25) is 0 Å². The lowest BCUT2D eigenvalue weighted by Gasteiger charge is -1.98. The summed E-state index contributed by atoms with van der Waals surface area (Å²) < 4.78 is 36.7. The Kier molecular flexibility index (Phi) is 1.99. The molecule has 1 N–H and O–H groups in total. The molecule has 2 aromatic rings. The fraction of sp³-hybridized carbons (Fsp3) is 0.111. The normalized spacial score (nSPS) is 11.9. The molecule has 0 saturated heterocycles. The van der Waals surface area contributed by atoms with E-state index in [4.69, 9.17) is 0 Å². The lowest BCUT2D eigenvalue weighted by Crippen LogP contribution is -2.06. The molecule has 15 heavy (non-hydrogen) atoms. The average Bonchev–Trinajstić information content (AvgIpc) is 2.59. The highest BCUT2D eigenvalue weighted by Crippen LogP contribution is 2.28. The van der Waals surface area contributed by atoms with E-state index >= 15 is 0 Å². The van der Waals surface area contributed by atoms with Gasteiger partial charge in [0.2, 0.25) is 5.82 Å². The van der Waals surface area contributed by atoms with Crippen LogP contribution in [0.5, 0.6) is 0 Å². The van der Waals surface area contributed by atoms with Gasteiger partial charge >= 0.3 is 6.18 Å². The number of aldehydes is 1. The molecule has 0 saturated carbocycles. The van der Waals surface area contributed by atoms with Crippen LogP contribution in [-0.4, -0.2) is 16.3 Å². The summed E-state index contributed by atoms with van der Waals surface area (Å²) >= 11 is 0. The number of H-pyrrole nitrogens is 1. The highest BCUT2D eigenvalue weighted by molar-refractivity contribution is 5.84. The first-order valence-electron chi connectivity index (χ1n) is 4.03. The lowest BCUT2D eigenvalue weighted by molar-refractivity contribution is -0.144. The van der Waals surface area contributed by atoms with Crippen LogP contribution in [0.4, 0.5) is 13.2 Å². The van der Waals surface area contributed by atoms with E-state index in [1.807, 2.05) is 0 Å². The number of halogens is 3. The summed E-state index contributed by atoms with van der Waals surface area (Å²) in [4.78, 5) is 15.9. The first-order chi connectivity index (χ1) is 7.00. The Morgan fingerprint density at radius 1 is 1.33 bits per heavy atom. The van der Waals surface area contributed by atoms with E-state index in [2.05, 4.69) is 9.97 Å². The second-order valence-corrected chi connectivity index (χ2v) is 2.98. The molecule has 0 atom stereocenters. The minimum Gasteiger partial charge on any atom is -0.334 e. The maximum atomic E-state index is 12.2. The van der Waals surface area contributed by atoms with Crippen LogP contribution in [0, 0.1) is 0 Å². The Bertz CT molecular complexity index is 516. The molecule has 1 aromatic carbocycles. The molecule has 2 rings (SSSR count). The number of rotatable bonds is 1. The SMILES string of the molecule is O=Cc1ccc2nc(C(F)(F)F)[nH]c2c1. The number of imidazole rings is 1. The van der Waals surface area contributed by atoms with E-state index in [9.17, 15) is 18.0 Å². The highest BCUT2D eigenvalue weighted by Gasteiger charge is 2.34. The molecule has 0 radical (unpaired) electrons. The van der Waals surface area contributed by atoms with Crippen molar-refractivity contribution in [3.05, 3.63) is 29.6 Å². The van der Waals surface area contributed by atoms with Gasteiger partial charge in [-0.25, -0.2) is 4.98 Å². The number of aromatic nitrogens is 2. The van der Waals surface area contributed by atoms with E-state index < -0.39 is 12.0 Å². The molecule has 0 amide bonds. The van der Waals surface area contributed by atoms with Crippen molar-refractivity contribution in [3.63, 3.8) is 0 Å². The van der Waals surface area contributed by atoms with Gasteiger partial charge in [-0.3, -0.25) is 4.79 Å². The first-order valence-corrected chi connectivity index (χ1v) is 4.03. The van der Waals surface area contributed by atoms with Crippen LogP contribution >= 0.6 is 0 Å². The van der Waals surface area contributed by atoms with Crippen molar-refractivity contribution in [1.29, 1.82) is 0 Å². The van der Waals surface area contributed by atoms with Crippen molar-refractivity contribution in [2.75, 3.05) is 0 Å². The fourth-order valence-electron chi connectivity index (χ4n) is 1.23. The summed E-state index contributed by atoms with van der Waals surface area (Å²) in [6.07, 6.45) is -3.94. The second kappa shape index (κ2) is 3.08. The Balaban J connectivity index is 2.61. The number of fused-ring (bicyclic) bond motifs is 1. The number of nitrogens with one attached hydrogen (secondary N) is 1. The van der Waals surface area contributed by atoms with Crippen LogP contribution in [-0.2, 0) is 6.18 Å². The summed E-state index contributed by atoms with van der Waals surface area (Å²) in [5.41, 5.74) is 0.694. The fourth-order valence-corrected chi connectivity index (χ4v) is 1.23. The lowest BCUT2D eigenvalue weighted by atomic mass is 10.2. The van der Waals surface area contributed by atoms with Crippen LogP contribution in [0.3, 0.4) is 0 Å². The van der Waals surface area contributed by atoms with E-state index in [0.717, 1.165) is 0 Å². The number of hydrogen-bond donors (Lipinski definition) is 1. The third kappa shape index (κ3) is 1.70. The summed E-state index contributed by atoms with van der Waals surface area (Å²) in [6.45, 7) is 0. The summed E-state index contributed by atoms with van der Waals surface area (Å²) in [7, 11) is 0. The average molecular weight is 214 g/mol. The number of carbonyl (C=O) groups is 1. The van der Waals surface area contributed by atoms with Crippen LogP contribution < -0.4 is 0 Å². The van der Waals surface area contributed by atoms with Gasteiger partial charge in [-0.2, -0.15) is 13.2 Å². The zero-order valence-electron chi connectivity index (χ0n) is 7.30. The molecule has 1 aromatic heterocycles. The molecule has 6 heteroatoms. The molecule has 1 heterocycles. The third-order valence-electron chi connectivity index (χ3n) is 1.91. The Labute approximate surface area is 81.9 Å². The number of nitrogens with zero attached hydrogens (tertiary/aromatic N) is 1. The van der Waals surface area contributed by atoms with E-state index in [1.165, 1.54) is 18.2 Å². The maximum absolute atomic E-state index is 12.2. The molecular formula is C9H5F3N2O. The summed E-state index contributed by atoms with van der Waals surface area (Å²) in [5, 5.41) is 0. The van der Waals surface area contributed by atoms with Gasteiger partial charge in [-0.15, -0.1) is 0 Å². The predicted octanol–water partition coefficient (Wildman–Crippen LogP) is 2.39. The summed E-state index contributed by atoms with van der Waals surface area (Å²) in [5.74, 6) is -1.06. The number of hydrogen-bond acceptors (Lipinski definition) is 2. The van der Waals surface area contributed by atoms with Gasteiger partial charge in [0.1, 0.15) is 6.29 Å². The highest BCUT2D eigenvalue weighted by atomic mass is 19.4. The minimum atomic E-state index is -4.50. The number of aromatic amines is 1. The number of carbonyl (C=O) groups excluding carboxylic acids is 1. The Hall–Kier alpha value is -1.85. The van der Waals surface area contributed by atoms with Crippen molar-refractivity contribution in [2.45, 2.75) is 6.18 Å². The molecule has 3 nitrogen and oxygen atoms in total. The molecule has 0 bridgehead atoms. The third-order valence-corrected chi connectivity index (χ3v) is 1.91. The van der Waals surface area contributed by atoms with Crippen LogP contribution in [0.1, 0.15) is 16.2 Å². The van der Waals surface area contributed by atoms with Crippen LogP contribution in [0.25, 0.3) is 11.0 Å². The molecule has 0 aliphatic carbocycles. The topological polar surface area (TPSA) is 45.8 Å². The number of alkyl halides is 3. The van der Waals surface area contributed by atoms with Gasteiger partial charge in [0.15, 0.2) is 0 Å². The zero-order valence-corrected chi connectivity index (χ0v) is 7.30. The van der Waals surface area contributed by atoms with Crippen molar-refractivity contribution < 1.29 is 18.0 Å². The maximum Gasteiger partial charge on any atom is 0.449 e. The summed E-state index contributed by atoms with van der Waals surface area (Å²) in [6, 6.07) is 4.10. The molecular weight excluding hydrogens is 209 g/mol. The van der Waals surface area contributed by atoms with Gasteiger partial charge in [0.05, 0.1) is 11.0 Å². The Morgan fingerprint density at radius 3 is 2.67 bits per heavy atom. The van der Waals surface area contributed by atoms with E-state index in [1.54, 1.807) is 0 Å². The second-order valence-electron chi connectivity index (χ2n) is 2.98. The van der Waals surface area contributed by atoms with E-state index in [0.29, 0.717) is 11.8 Å². The number of benzene rings is 1. The van der Waals surface area contributed by atoms with Gasteiger partial charge in [0.25, 0.3) is 0 Å². The molecule has 0 aliphatic rings. The largest absolute Gasteiger partial charge is 0.449 e.